The number of carbonyl (C=O) groups excluding carboxylic acids is 2. The summed E-state index contributed by atoms with van der Waals surface area (Å²) in [6, 6.07) is 6.30. The van der Waals surface area contributed by atoms with E-state index in [2.05, 4.69) is 15.6 Å². The minimum Gasteiger partial charge on any atom is -0.416 e. The molecule has 9 heteroatoms. The van der Waals surface area contributed by atoms with Gasteiger partial charge in [0.15, 0.2) is 0 Å². The molecule has 7 nitrogen and oxygen atoms in total. The van der Waals surface area contributed by atoms with Crippen LogP contribution in [0.2, 0.25) is 5.02 Å². The third-order valence-corrected chi connectivity index (χ3v) is 5.22. The van der Waals surface area contributed by atoms with E-state index in [1.165, 1.54) is 6.07 Å². The van der Waals surface area contributed by atoms with Crippen molar-refractivity contribution >= 4 is 29.2 Å². The number of carbonyl (C=O) groups is 2. The van der Waals surface area contributed by atoms with E-state index >= 15 is 0 Å². The molecule has 0 unspecified atom stereocenters. The number of nitrogens with zero attached hydrogens (tertiary/aromatic N) is 1. The number of hydrogen-bond donors (Lipinski definition) is 2. The summed E-state index contributed by atoms with van der Waals surface area (Å²) in [7, 11) is 0. The highest BCUT2D eigenvalue weighted by molar-refractivity contribution is 6.33. The minimum absolute atomic E-state index is 0.0230. The average molecular weight is 420 g/mol. The number of anilines is 1. The fourth-order valence-corrected chi connectivity index (χ4v) is 3.80. The van der Waals surface area contributed by atoms with Gasteiger partial charge in [0.05, 0.1) is 48.5 Å². The highest BCUT2D eigenvalue weighted by Crippen LogP contribution is 2.40. The van der Waals surface area contributed by atoms with Gasteiger partial charge in [-0.05, 0) is 42.8 Å². The first-order valence-corrected chi connectivity index (χ1v) is 9.65. The van der Waals surface area contributed by atoms with Crippen LogP contribution in [0, 0.1) is 5.82 Å². The summed E-state index contributed by atoms with van der Waals surface area (Å²) in [6.07, 6.45) is 1.68. The van der Waals surface area contributed by atoms with Crippen molar-refractivity contribution < 1.29 is 23.5 Å². The topological polar surface area (TPSA) is 89.6 Å². The SMILES string of the molecule is O=C1CCC(=O)OC2(CNCCc3c2ccc(Cl)c3NCc2ccc(F)cn2)O1. The zero-order valence-corrected chi connectivity index (χ0v) is 16.2. The zero-order valence-electron chi connectivity index (χ0n) is 15.5. The smallest absolute Gasteiger partial charge is 0.309 e. The largest absolute Gasteiger partial charge is 0.416 e. The van der Waals surface area contributed by atoms with Gasteiger partial charge < -0.3 is 20.1 Å². The highest BCUT2D eigenvalue weighted by atomic mass is 35.5. The molecule has 3 heterocycles. The van der Waals surface area contributed by atoms with Gasteiger partial charge in [-0.25, -0.2) is 4.39 Å². The molecule has 1 aromatic carbocycles. The molecule has 0 amide bonds. The second-order valence-electron chi connectivity index (χ2n) is 6.90. The van der Waals surface area contributed by atoms with Crippen LogP contribution >= 0.6 is 11.6 Å². The van der Waals surface area contributed by atoms with Gasteiger partial charge in [0.2, 0.25) is 0 Å². The van der Waals surface area contributed by atoms with Crippen LogP contribution in [-0.2, 0) is 37.8 Å². The number of esters is 2. The Hall–Kier alpha value is -2.71. The molecular weight excluding hydrogens is 401 g/mol. The van der Waals surface area contributed by atoms with Gasteiger partial charge in [-0.1, -0.05) is 11.6 Å². The van der Waals surface area contributed by atoms with E-state index in [1.807, 2.05) is 0 Å². The summed E-state index contributed by atoms with van der Waals surface area (Å²) in [4.78, 5) is 28.3. The Balaban J connectivity index is 1.72. The second-order valence-corrected chi connectivity index (χ2v) is 7.30. The summed E-state index contributed by atoms with van der Waals surface area (Å²) in [6.45, 7) is 1.04. The number of hydrogen-bond acceptors (Lipinski definition) is 7. The Kier molecular flexibility index (Phi) is 5.38. The molecule has 152 valence electrons. The first-order valence-electron chi connectivity index (χ1n) is 9.27. The van der Waals surface area contributed by atoms with Crippen molar-refractivity contribution in [2.24, 2.45) is 0 Å². The molecule has 29 heavy (non-hydrogen) atoms. The molecule has 0 radical (unpaired) electrons. The van der Waals surface area contributed by atoms with Crippen molar-refractivity contribution in [3.63, 3.8) is 0 Å². The molecule has 0 bridgehead atoms. The van der Waals surface area contributed by atoms with Crippen molar-refractivity contribution in [3.05, 3.63) is 58.1 Å². The molecule has 0 saturated carbocycles. The van der Waals surface area contributed by atoms with E-state index in [0.717, 1.165) is 11.8 Å². The third-order valence-electron chi connectivity index (χ3n) is 4.91. The van der Waals surface area contributed by atoms with Crippen molar-refractivity contribution in [1.29, 1.82) is 0 Å². The van der Waals surface area contributed by atoms with Gasteiger partial charge in [-0.3, -0.25) is 14.6 Å². The van der Waals surface area contributed by atoms with Crippen LogP contribution in [0.3, 0.4) is 0 Å². The molecule has 2 N–H and O–H groups in total. The van der Waals surface area contributed by atoms with Crippen LogP contribution < -0.4 is 10.6 Å². The predicted molar refractivity (Wildman–Crippen MR) is 103 cm³/mol. The summed E-state index contributed by atoms with van der Waals surface area (Å²) < 4.78 is 24.3. The monoisotopic (exact) mass is 419 g/mol. The normalized spacial score (nSPS) is 18.3. The van der Waals surface area contributed by atoms with Crippen LogP contribution in [-0.4, -0.2) is 30.0 Å². The van der Waals surface area contributed by atoms with Crippen LogP contribution in [0.25, 0.3) is 0 Å². The lowest BCUT2D eigenvalue weighted by molar-refractivity contribution is -0.225. The van der Waals surface area contributed by atoms with Gasteiger partial charge in [0.1, 0.15) is 5.82 Å². The number of fused-ring (bicyclic) bond motifs is 2. The number of ether oxygens (including phenoxy) is 2. The van der Waals surface area contributed by atoms with Gasteiger partial charge in [-0.2, -0.15) is 0 Å². The lowest BCUT2D eigenvalue weighted by Crippen LogP contribution is -2.43. The molecule has 1 aromatic heterocycles. The Morgan fingerprint density at radius 3 is 2.59 bits per heavy atom. The summed E-state index contributed by atoms with van der Waals surface area (Å²) in [5.74, 6) is -2.94. The van der Waals surface area contributed by atoms with Crippen LogP contribution in [0.5, 0.6) is 0 Å². The third kappa shape index (κ3) is 4.04. The fourth-order valence-electron chi connectivity index (χ4n) is 3.56. The molecule has 1 spiro atoms. The van der Waals surface area contributed by atoms with E-state index in [-0.39, 0.29) is 19.4 Å². The number of benzene rings is 1. The number of aromatic nitrogens is 1. The maximum Gasteiger partial charge on any atom is 0.309 e. The summed E-state index contributed by atoms with van der Waals surface area (Å²) in [5, 5.41) is 6.88. The van der Waals surface area contributed by atoms with E-state index in [1.54, 1.807) is 18.2 Å². The van der Waals surface area contributed by atoms with Crippen molar-refractivity contribution in [2.45, 2.75) is 31.6 Å². The molecule has 1 saturated heterocycles. The van der Waals surface area contributed by atoms with Crippen LogP contribution in [0.1, 0.15) is 29.7 Å². The Labute approximate surface area is 171 Å². The van der Waals surface area contributed by atoms with Gasteiger partial charge >= 0.3 is 11.9 Å². The first-order chi connectivity index (χ1) is 14.0. The van der Waals surface area contributed by atoms with Gasteiger partial charge in [0, 0.05) is 5.56 Å². The maximum absolute atomic E-state index is 13.1. The number of rotatable bonds is 3. The summed E-state index contributed by atoms with van der Waals surface area (Å²) >= 11 is 6.44. The zero-order chi connectivity index (χ0) is 20.4. The molecule has 0 aliphatic carbocycles. The molecule has 1 fully saturated rings. The molecule has 0 atom stereocenters. The van der Waals surface area contributed by atoms with Gasteiger partial charge in [0.25, 0.3) is 5.79 Å². The van der Waals surface area contributed by atoms with E-state index in [0.29, 0.717) is 41.5 Å². The number of nitrogens with one attached hydrogen (secondary N) is 2. The summed E-state index contributed by atoms with van der Waals surface area (Å²) in [5.41, 5.74) is 2.63. The molecule has 2 aliphatic heterocycles. The quantitative estimate of drug-likeness (QED) is 0.739. The number of pyridine rings is 1. The Bertz CT molecular complexity index is 933. The fraction of sp³-hybridized carbons (Fsp3) is 0.350. The Morgan fingerprint density at radius 1 is 1.14 bits per heavy atom. The average Bonchev–Trinajstić information content (AvgIpc) is 2.95. The number of halogens is 2. The second kappa shape index (κ2) is 7.96. The van der Waals surface area contributed by atoms with Crippen molar-refractivity contribution in [3.8, 4) is 0 Å². The maximum atomic E-state index is 13.1. The van der Waals surface area contributed by atoms with Crippen molar-refractivity contribution in [2.75, 3.05) is 18.4 Å². The Morgan fingerprint density at radius 2 is 1.90 bits per heavy atom. The van der Waals surface area contributed by atoms with E-state index in [4.69, 9.17) is 21.1 Å². The minimum atomic E-state index is -1.54. The van der Waals surface area contributed by atoms with Crippen LogP contribution in [0.4, 0.5) is 10.1 Å². The van der Waals surface area contributed by atoms with Crippen LogP contribution in [0.15, 0.2) is 30.5 Å². The van der Waals surface area contributed by atoms with Crippen molar-refractivity contribution in [1.82, 2.24) is 10.3 Å². The molecule has 2 aliphatic rings. The lowest BCUT2D eigenvalue weighted by atomic mass is 9.96. The van der Waals surface area contributed by atoms with Gasteiger partial charge in [-0.15, -0.1) is 0 Å². The lowest BCUT2D eigenvalue weighted by Gasteiger charge is -2.32. The predicted octanol–water partition coefficient (Wildman–Crippen LogP) is 2.66. The van der Waals surface area contributed by atoms with E-state index < -0.39 is 23.5 Å². The molecule has 4 rings (SSSR count). The highest BCUT2D eigenvalue weighted by Gasteiger charge is 2.45. The standard InChI is InChI=1S/C20H19ClFN3O4/c21-16-4-3-15-14(19(16)25-10-13-2-1-12(22)9-24-13)7-8-23-11-20(15)28-17(26)5-6-18(27)29-20/h1-4,9,23,25H,5-8,10-11H2. The first kappa shape index (κ1) is 19.6. The molecular formula is C20H19ClFN3O4. The van der Waals surface area contributed by atoms with E-state index in [9.17, 15) is 14.0 Å². The molecule has 2 aromatic rings.